The van der Waals surface area contributed by atoms with E-state index in [-0.39, 0.29) is 19.5 Å². The molecule has 0 aromatic carbocycles. The molecule has 0 fully saturated rings. The van der Waals surface area contributed by atoms with Crippen molar-refractivity contribution in [2.24, 2.45) is 0 Å². The quantitative estimate of drug-likeness (QED) is 0.166. The molecule has 22 heavy (non-hydrogen) atoms. The van der Waals surface area contributed by atoms with E-state index in [0.29, 0.717) is 0 Å². The minimum atomic E-state index is 0. The number of hydrogen-bond acceptors (Lipinski definition) is 2. The Bertz CT molecular complexity index is 266. The predicted molar refractivity (Wildman–Crippen MR) is 103 cm³/mol. The topological polar surface area (TPSA) is 0 Å². The van der Waals surface area contributed by atoms with Crippen LogP contribution in [-0.4, -0.2) is 5.25 Å². The van der Waals surface area contributed by atoms with Gasteiger partial charge in [0.1, 0.15) is 0 Å². The maximum Gasteiger partial charge on any atom is 0.0345 e. The van der Waals surface area contributed by atoms with Gasteiger partial charge in [-0.1, -0.05) is 112 Å². The van der Waals surface area contributed by atoms with Crippen LogP contribution in [-0.2, 0) is 19.5 Å². The van der Waals surface area contributed by atoms with Crippen LogP contribution in [0, 0.1) is 0 Å². The molecule has 0 aromatic rings. The van der Waals surface area contributed by atoms with E-state index in [1.54, 1.807) is 4.91 Å². The molecular weight excluding hydrogens is 358 g/mol. The van der Waals surface area contributed by atoms with Crippen LogP contribution >= 0.6 is 21.6 Å². The molecule has 0 bridgehead atoms. The summed E-state index contributed by atoms with van der Waals surface area (Å²) in [6.45, 7) is 4.59. The van der Waals surface area contributed by atoms with Crippen molar-refractivity contribution in [1.82, 2.24) is 0 Å². The van der Waals surface area contributed by atoms with Gasteiger partial charge < -0.3 is 0 Å². The van der Waals surface area contributed by atoms with Crippen LogP contribution in [0.2, 0.25) is 0 Å². The molecule has 1 unspecified atom stereocenters. The van der Waals surface area contributed by atoms with Gasteiger partial charge in [0.05, 0.1) is 0 Å². The first-order valence-electron chi connectivity index (χ1n) is 9.40. The van der Waals surface area contributed by atoms with E-state index < -0.39 is 0 Å². The molecule has 0 saturated carbocycles. The monoisotopic (exact) mass is 392 g/mol. The summed E-state index contributed by atoms with van der Waals surface area (Å²) >= 11 is 0. The molecule has 1 heterocycles. The van der Waals surface area contributed by atoms with Crippen molar-refractivity contribution in [3.05, 3.63) is 11.0 Å². The molecule has 0 aliphatic carbocycles. The summed E-state index contributed by atoms with van der Waals surface area (Å²) in [5.41, 5.74) is 0. The van der Waals surface area contributed by atoms with Crippen molar-refractivity contribution in [3.8, 4) is 0 Å². The van der Waals surface area contributed by atoms with Gasteiger partial charge in [-0.25, -0.2) is 0 Å². The Morgan fingerprint density at radius 2 is 1.32 bits per heavy atom. The first-order chi connectivity index (χ1) is 10.4. The van der Waals surface area contributed by atoms with Gasteiger partial charge in [0, 0.05) is 24.7 Å². The van der Waals surface area contributed by atoms with E-state index in [4.69, 9.17) is 0 Å². The third-order valence-electron chi connectivity index (χ3n) is 4.27. The van der Waals surface area contributed by atoms with E-state index in [1.807, 2.05) is 0 Å². The summed E-state index contributed by atoms with van der Waals surface area (Å²) in [6, 6.07) is 0. The summed E-state index contributed by atoms with van der Waals surface area (Å²) in [5.74, 6) is 0. The number of allylic oxidation sites excluding steroid dienone is 1. The Kier molecular flexibility index (Phi) is 17.7. The molecule has 0 saturated heterocycles. The van der Waals surface area contributed by atoms with Crippen molar-refractivity contribution in [1.29, 1.82) is 0 Å². The predicted octanol–water partition coefficient (Wildman–Crippen LogP) is 8.13. The van der Waals surface area contributed by atoms with Gasteiger partial charge in [-0.3, -0.25) is 0 Å². The van der Waals surface area contributed by atoms with Crippen LogP contribution in [0.3, 0.4) is 0 Å². The summed E-state index contributed by atoms with van der Waals surface area (Å²) in [7, 11) is 4.18. The molecular formula is C19H36S2Zn. The Morgan fingerprint density at radius 3 is 1.95 bits per heavy atom. The summed E-state index contributed by atoms with van der Waals surface area (Å²) in [4.78, 5) is 1.67. The fourth-order valence-corrected chi connectivity index (χ4v) is 5.73. The first-order valence-corrected chi connectivity index (χ1v) is 11.6. The Hall–Kier alpha value is 1.06. The van der Waals surface area contributed by atoms with Gasteiger partial charge in [-0.2, -0.15) is 0 Å². The number of rotatable bonds is 14. The normalized spacial score (nSPS) is 17.4. The molecule has 126 valence electrons. The standard InChI is InChI=1S/C19H36S2.Zn/c1-3-5-7-9-11-13-15-18-17-19(21-20-18)16-14-12-10-8-6-4-2;/h17-18H,3-16H2,1-2H3;. The van der Waals surface area contributed by atoms with Gasteiger partial charge in [0.15, 0.2) is 0 Å². The zero-order valence-corrected chi connectivity index (χ0v) is 19.7. The fraction of sp³-hybridized carbons (Fsp3) is 0.895. The second-order valence-corrected chi connectivity index (χ2v) is 8.99. The maximum atomic E-state index is 2.58. The fourth-order valence-electron chi connectivity index (χ4n) is 2.85. The third kappa shape index (κ3) is 12.5. The smallest absolute Gasteiger partial charge is 0.0345 e. The number of hydrogen-bond donors (Lipinski definition) is 0. The molecule has 0 amide bonds. The average Bonchev–Trinajstić information content (AvgIpc) is 2.94. The van der Waals surface area contributed by atoms with Crippen molar-refractivity contribution in [3.63, 3.8) is 0 Å². The van der Waals surface area contributed by atoms with Crippen molar-refractivity contribution < 1.29 is 19.5 Å². The summed E-state index contributed by atoms with van der Waals surface area (Å²) in [6.07, 6.45) is 22.4. The van der Waals surface area contributed by atoms with Gasteiger partial charge in [-0.15, -0.1) is 0 Å². The molecule has 0 radical (unpaired) electrons. The molecule has 0 N–H and O–H groups in total. The van der Waals surface area contributed by atoms with Crippen LogP contribution in [0.15, 0.2) is 11.0 Å². The van der Waals surface area contributed by atoms with E-state index in [9.17, 15) is 0 Å². The molecule has 1 rings (SSSR count). The number of unbranched alkanes of at least 4 members (excludes halogenated alkanes) is 10. The second kappa shape index (κ2) is 16.9. The Balaban J connectivity index is 0.00000441. The van der Waals surface area contributed by atoms with Crippen LogP contribution in [0.4, 0.5) is 0 Å². The van der Waals surface area contributed by atoms with Gasteiger partial charge in [0.2, 0.25) is 0 Å². The molecule has 1 atom stereocenters. The van der Waals surface area contributed by atoms with Crippen molar-refractivity contribution in [2.75, 3.05) is 0 Å². The first kappa shape index (κ1) is 23.1. The van der Waals surface area contributed by atoms with Crippen LogP contribution in [0.25, 0.3) is 0 Å². The van der Waals surface area contributed by atoms with E-state index in [0.717, 1.165) is 5.25 Å². The van der Waals surface area contributed by atoms with Crippen LogP contribution < -0.4 is 0 Å². The van der Waals surface area contributed by atoms with Gasteiger partial charge in [-0.05, 0) is 24.2 Å². The van der Waals surface area contributed by atoms with Crippen LogP contribution in [0.5, 0.6) is 0 Å². The minimum absolute atomic E-state index is 0. The zero-order valence-electron chi connectivity index (χ0n) is 15.1. The molecule has 0 spiro atoms. The van der Waals surface area contributed by atoms with Gasteiger partial charge >= 0.3 is 0 Å². The molecule has 1 aliphatic heterocycles. The second-order valence-electron chi connectivity index (χ2n) is 6.43. The van der Waals surface area contributed by atoms with E-state index in [1.165, 1.54) is 89.9 Å². The Labute approximate surface area is 160 Å². The van der Waals surface area contributed by atoms with Crippen LogP contribution in [0.1, 0.15) is 104 Å². The summed E-state index contributed by atoms with van der Waals surface area (Å²) in [5, 5.41) is 0.816. The largest absolute Gasteiger partial charge is 0.0816 e. The molecule has 1 aliphatic rings. The maximum absolute atomic E-state index is 2.58. The average molecular weight is 394 g/mol. The SMILES string of the molecule is CCCCCCCCC1=CC(CCCCCCCC)SS1.[Zn]. The van der Waals surface area contributed by atoms with E-state index >= 15 is 0 Å². The van der Waals surface area contributed by atoms with E-state index in [2.05, 4.69) is 41.5 Å². The van der Waals surface area contributed by atoms with Crippen molar-refractivity contribution >= 4 is 21.6 Å². The Morgan fingerprint density at radius 1 is 0.773 bits per heavy atom. The zero-order chi connectivity index (χ0) is 15.2. The molecule has 0 aromatic heterocycles. The third-order valence-corrected chi connectivity index (χ3v) is 7.21. The minimum Gasteiger partial charge on any atom is -0.0816 e. The summed E-state index contributed by atoms with van der Waals surface area (Å²) < 4.78 is 0. The molecule has 3 heteroatoms. The van der Waals surface area contributed by atoms with Crippen molar-refractivity contribution in [2.45, 2.75) is 109 Å². The molecule has 0 nitrogen and oxygen atoms in total. The van der Waals surface area contributed by atoms with Gasteiger partial charge in [0.25, 0.3) is 0 Å².